The molecule has 0 bridgehead atoms. The third-order valence-corrected chi connectivity index (χ3v) is 3.51. The zero-order valence-electron chi connectivity index (χ0n) is 14.7. The first-order valence-electron chi connectivity index (χ1n) is 7.99. The number of nitro groups is 1. The van der Waals surface area contributed by atoms with E-state index in [9.17, 15) is 24.5 Å². The summed E-state index contributed by atoms with van der Waals surface area (Å²) >= 11 is 0. The molecule has 2 aromatic rings. The fraction of sp³-hybridized carbons (Fsp3) is 0.105. The summed E-state index contributed by atoms with van der Waals surface area (Å²) in [5.74, 6) is -1.90. The van der Waals surface area contributed by atoms with Crippen LogP contribution in [0.25, 0.3) is 6.08 Å². The Bertz CT molecular complexity index is 932. The van der Waals surface area contributed by atoms with E-state index in [1.54, 1.807) is 12.1 Å². The van der Waals surface area contributed by atoms with Gasteiger partial charge in [0.1, 0.15) is 5.75 Å². The number of carbonyl (C=O) groups excluding carboxylic acids is 2. The highest BCUT2D eigenvalue weighted by Gasteiger charge is 2.15. The van der Waals surface area contributed by atoms with Crippen LogP contribution in [0.1, 0.15) is 12.5 Å². The Morgan fingerprint density at radius 1 is 1.11 bits per heavy atom. The molecule has 144 valence electrons. The van der Waals surface area contributed by atoms with Gasteiger partial charge in [0.15, 0.2) is 12.4 Å². The summed E-state index contributed by atoms with van der Waals surface area (Å²) in [6.07, 6.45) is 1.38. The Balaban J connectivity index is 2.14. The molecule has 1 amide bonds. The van der Waals surface area contributed by atoms with Gasteiger partial charge < -0.3 is 15.2 Å². The summed E-state index contributed by atoms with van der Waals surface area (Å²) in [5, 5.41) is 21.8. The summed E-state index contributed by atoms with van der Waals surface area (Å²) in [7, 11) is 0. The number of anilines is 1. The van der Waals surface area contributed by atoms with Crippen molar-refractivity contribution in [1.29, 1.82) is 0 Å². The van der Waals surface area contributed by atoms with Crippen LogP contribution in [0, 0.1) is 10.1 Å². The van der Waals surface area contributed by atoms with Crippen LogP contribution in [0.2, 0.25) is 0 Å². The molecular formula is C19H16N2O7. The number of hydrogen-bond acceptors (Lipinski definition) is 6. The minimum atomic E-state index is -1.11. The third kappa shape index (κ3) is 5.77. The molecule has 9 nitrogen and oxygen atoms in total. The topological polar surface area (TPSA) is 136 Å². The van der Waals surface area contributed by atoms with Crippen LogP contribution in [0.3, 0.4) is 0 Å². The first-order valence-corrected chi connectivity index (χ1v) is 7.99. The van der Waals surface area contributed by atoms with Gasteiger partial charge in [-0.15, -0.1) is 0 Å². The second-order valence-electron chi connectivity index (χ2n) is 5.62. The molecular weight excluding hydrogens is 368 g/mol. The number of carbonyl (C=O) groups is 3. The minimum Gasteiger partial charge on any atom is -0.482 e. The van der Waals surface area contributed by atoms with Gasteiger partial charge in [-0.3, -0.25) is 19.7 Å². The Morgan fingerprint density at radius 2 is 1.71 bits per heavy atom. The molecule has 0 aromatic heterocycles. The molecule has 0 atom stereocenters. The van der Waals surface area contributed by atoms with Gasteiger partial charge in [0.25, 0.3) is 11.6 Å². The van der Waals surface area contributed by atoms with Gasteiger partial charge >= 0.3 is 5.97 Å². The number of ketones is 1. The lowest BCUT2D eigenvalue weighted by Gasteiger charge is -2.07. The lowest BCUT2D eigenvalue weighted by Crippen LogP contribution is -2.18. The maximum atomic E-state index is 12.4. The number of rotatable bonds is 8. The number of nitrogens with zero attached hydrogens (tertiary/aromatic N) is 1. The van der Waals surface area contributed by atoms with Crippen LogP contribution in [0.5, 0.6) is 5.75 Å². The molecule has 0 unspecified atom stereocenters. The largest absolute Gasteiger partial charge is 0.482 e. The molecule has 0 radical (unpaired) electrons. The van der Waals surface area contributed by atoms with E-state index in [0.717, 1.165) is 0 Å². The van der Waals surface area contributed by atoms with E-state index in [0.29, 0.717) is 17.0 Å². The summed E-state index contributed by atoms with van der Waals surface area (Å²) in [6.45, 7) is 0.761. The SMILES string of the molecule is CC(=O)/C(=C\c1ccc(OCC(=O)O)cc1)C(=O)Nc1ccc([N+](=O)[O-])cc1. The minimum absolute atomic E-state index is 0.113. The quantitative estimate of drug-likeness (QED) is 0.235. The van der Waals surface area contributed by atoms with Gasteiger partial charge in [-0.1, -0.05) is 12.1 Å². The van der Waals surface area contributed by atoms with Crippen molar-refractivity contribution < 1.29 is 29.2 Å². The molecule has 0 saturated carbocycles. The highest BCUT2D eigenvalue weighted by atomic mass is 16.6. The predicted molar refractivity (Wildman–Crippen MR) is 100.0 cm³/mol. The summed E-state index contributed by atoms with van der Waals surface area (Å²) < 4.78 is 5.01. The maximum absolute atomic E-state index is 12.4. The molecule has 2 rings (SSSR count). The van der Waals surface area contributed by atoms with Gasteiger partial charge in [-0.25, -0.2) is 4.79 Å². The van der Waals surface area contributed by atoms with Crippen molar-refractivity contribution in [2.45, 2.75) is 6.92 Å². The molecule has 2 aromatic carbocycles. The lowest BCUT2D eigenvalue weighted by molar-refractivity contribution is -0.384. The van der Waals surface area contributed by atoms with E-state index in [1.807, 2.05) is 0 Å². The van der Waals surface area contributed by atoms with Crippen LogP contribution in [-0.2, 0) is 14.4 Å². The molecule has 0 spiro atoms. The van der Waals surface area contributed by atoms with E-state index in [4.69, 9.17) is 9.84 Å². The smallest absolute Gasteiger partial charge is 0.341 e. The standard InChI is InChI=1S/C19H16N2O7/c1-12(22)17(10-13-2-8-16(9-3-13)28-11-18(23)24)19(25)20-14-4-6-15(7-5-14)21(26)27/h2-10H,11H2,1H3,(H,20,25)(H,23,24)/b17-10+. The first-order chi connectivity index (χ1) is 13.3. The fourth-order valence-corrected chi connectivity index (χ4v) is 2.16. The van der Waals surface area contributed by atoms with Crippen molar-refractivity contribution in [2.24, 2.45) is 0 Å². The number of carboxylic acid groups (broad SMARTS) is 1. The first kappa shape index (κ1) is 20.3. The third-order valence-electron chi connectivity index (χ3n) is 3.51. The second-order valence-corrected chi connectivity index (χ2v) is 5.62. The highest BCUT2D eigenvalue weighted by molar-refractivity contribution is 6.25. The number of benzene rings is 2. The Hall–Kier alpha value is -4.01. The summed E-state index contributed by atoms with van der Waals surface area (Å²) in [6, 6.07) is 11.4. The van der Waals surface area contributed by atoms with E-state index in [1.165, 1.54) is 49.4 Å². The van der Waals surface area contributed by atoms with Crippen molar-refractivity contribution in [3.63, 3.8) is 0 Å². The van der Waals surface area contributed by atoms with Crippen LogP contribution in [-0.4, -0.2) is 34.3 Å². The Labute approximate surface area is 159 Å². The number of Topliss-reactive ketones (excluding diaryl/α,β-unsaturated/α-hetero) is 1. The number of non-ortho nitro benzene ring substituents is 1. The van der Waals surface area contributed by atoms with Gasteiger partial charge in [-0.2, -0.15) is 0 Å². The maximum Gasteiger partial charge on any atom is 0.341 e. The molecule has 0 aliphatic heterocycles. The molecule has 9 heteroatoms. The molecule has 0 heterocycles. The van der Waals surface area contributed by atoms with Crippen LogP contribution < -0.4 is 10.1 Å². The highest BCUT2D eigenvalue weighted by Crippen LogP contribution is 2.18. The average molecular weight is 384 g/mol. The lowest BCUT2D eigenvalue weighted by atomic mass is 10.1. The van der Waals surface area contributed by atoms with Gasteiger partial charge in [0.2, 0.25) is 0 Å². The van der Waals surface area contributed by atoms with E-state index < -0.39 is 29.2 Å². The Kier molecular flexibility index (Phi) is 6.58. The summed E-state index contributed by atoms with van der Waals surface area (Å²) in [5.41, 5.74) is 0.606. The van der Waals surface area contributed by atoms with Gasteiger partial charge in [0, 0.05) is 17.8 Å². The van der Waals surface area contributed by atoms with E-state index >= 15 is 0 Å². The van der Waals surface area contributed by atoms with Crippen molar-refractivity contribution in [1.82, 2.24) is 0 Å². The van der Waals surface area contributed by atoms with Crippen LogP contribution in [0.15, 0.2) is 54.1 Å². The molecule has 0 aliphatic rings. The van der Waals surface area contributed by atoms with Crippen molar-refractivity contribution in [2.75, 3.05) is 11.9 Å². The average Bonchev–Trinajstić information content (AvgIpc) is 2.65. The number of hydrogen-bond donors (Lipinski definition) is 2. The summed E-state index contributed by atoms with van der Waals surface area (Å²) in [4.78, 5) is 44.8. The van der Waals surface area contributed by atoms with Gasteiger partial charge in [-0.05, 0) is 42.8 Å². The van der Waals surface area contributed by atoms with E-state index in [-0.39, 0.29) is 11.3 Å². The molecule has 0 fully saturated rings. The number of nitro benzene ring substituents is 1. The predicted octanol–water partition coefficient (Wildman–Crippen LogP) is 2.67. The number of nitrogens with one attached hydrogen (secondary N) is 1. The number of carboxylic acids is 1. The molecule has 28 heavy (non-hydrogen) atoms. The number of amides is 1. The van der Waals surface area contributed by atoms with Crippen molar-refractivity contribution in [3.8, 4) is 5.75 Å². The van der Waals surface area contributed by atoms with Crippen LogP contribution in [0.4, 0.5) is 11.4 Å². The van der Waals surface area contributed by atoms with Crippen LogP contribution >= 0.6 is 0 Å². The molecule has 2 N–H and O–H groups in total. The zero-order chi connectivity index (χ0) is 20.7. The molecule has 0 saturated heterocycles. The van der Waals surface area contributed by atoms with Crippen molar-refractivity contribution >= 4 is 35.1 Å². The molecule has 0 aliphatic carbocycles. The van der Waals surface area contributed by atoms with Gasteiger partial charge in [0.05, 0.1) is 10.5 Å². The van der Waals surface area contributed by atoms with E-state index in [2.05, 4.69) is 5.32 Å². The zero-order valence-corrected chi connectivity index (χ0v) is 14.7. The fourth-order valence-electron chi connectivity index (χ4n) is 2.16. The second kappa shape index (κ2) is 9.08. The number of aliphatic carboxylic acids is 1. The Morgan fingerprint density at radius 3 is 2.21 bits per heavy atom. The normalized spacial score (nSPS) is 10.8. The number of ether oxygens (including phenoxy) is 1. The van der Waals surface area contributed by atoms with Crippen molar-refractivity contribution in [3.05, 3.63) is 69.8 Å². The monoisotopic (exact) mass is 384 g/mol.